The summed E-state index contributed by atoms with van der Waals surface area (Å²) < 4.78 is 49.2. The molecule has 10 heteroatoms. The molecule has 40 heavy (non-hydrogen) atoms. The Morgan fingerprint density at radius 3 is 2.20 bits per heavy atom. The van der Waals surface area contributed by atoms with Crippen LogP contribution in [0.1, 0.15) is 24.8 Å². The van der Waals surface area contributed by atoms with Crippen LogP contribution in [-0.4, -0.2) is 24.4 Å². The van der Waals surface area contributed by atoms with Crippen LogP contribution in [0.2, 0.25) is 0 Å². The number of ether oxygens (including phenoxy) is 2. The highest BCUT2D eigenvalue weighted by atomic mass is 19.4. The van der Waals surface area contributed by atoms with Crippen molar-refractivity contribution in [2.75, 3.05) is 17.2 Å². The molecule has 0 saturated heterocycles. The second kappa shape index (κ2) is 12.8. The number of carbonyl (C=O) groups excluding carboxylic acids is 3. The number of anilines is 2. The van der Waals surface area contributed by atoms with Gasteiger partial charge < -0.3 is 20.1 Å². The van der Waals surface area contributed by atoms with Gasteiger partial charge in [0.05, 0.1) is 5.56 Å². The Labute approximate surface area is 227 Å². The number of nitrogens with one attached hydrogen (secondary N) is 2. The van der Waals surface area contributed by atoms with Crippen LogP contribution in [0.4, 0.5) is 24.5 Å². The Bertz CT molecular complexity index is 1500. The van der Waals surface area contributed by atoms with Crippen molar-refractivity contribution in [2.45, 2.75) is 25.4 Å². The lowest BCUT2D eigenvalue weighted by Crippen LogP contribution is -2.21. The number of halogens is 3. The zero-order valence-electron chi connectivity index (χ0n) is 21.2. The Kier molecular flexibility index (Phi) is 9.00. The molecule has 0 atom stereocenters. The third kappa shape index (κ3) is 8.07. The number of fused-ring (bicyclic) bond motifs is 1. The number of carbonyl (C=O) groups is 3. The minimum absolute atomic E-state index is 0.0415. The molecule has 0 aliphatic heterocycles. The molecule has 4 rings (SSSR count). The van der Waals surface area contributed by atoms with E-state index in [1.165, 1.54) is 6.07 Å². The minimum atomic E-state index is -4.55. The van der Waals surface area contributed by atoms with E-state index in [9.17, 15) is 27.6 Å². The lowest BCUT2D eigenvalue weighted by Gasteiger charge is -2.10. The maximum atomic E-state index is 12.8. The van der Waals surface area contributed by atoms with Gasteiger partial charge in [0.15, 0.2) is 6.61 Å². The fourth-order valence-electron chi connectivity index (χ4n) is 3.82. The van der Waals surface area contributed by atoms with Gasteiger partial charge in [-0.05, 0) is 60.3 Å². The third-order valence-corrected chi connectivity index (χ3v) is 5.74. The highest BCUT2D eigenvalue weighted by molar-refractivity contribution is 5.93. The number of rotatable bonds is 10. The van der Waals surface area contributed by atoms with Gasteiger partial charge in [-0.2, -0.15) is 13.2 Å². The molecule has 0 bridgehead atoms. The van der Waals surface area contributed by atoms with Crippen LogP contribution in [-0.2, 0) is 25.3 Å². The molecule has 0 spiro atoms. The predicted molar refractivity (Wildman–Crippen MR) is 144 cm³/mol. The van der Waals surface area contributed by atoms with E-state index in [1.54, 1.807) is 24.3 Å². The molecule has 4 aromatic carbocycles. The van der Waals surface area contributed by atoms with Crippen LogP contribution in [0.5, 0.6) is 11.5 Å². The van der Waals surface area contributed by atoms with Gasteiger partial charge in [0.25, 0.3) is 5.91 Å². The maximum absolute atomic E-state index is 12.8. The minimum Gasteiger partial charge on any atom is -0.457 e. The Hall–Kier alpha value is -4.86. The largest absolute Gasteiger partial charge is 0.457 e. The summed E-state index contributed by atoms with van der Waals surface area (Å²) in [7, 11) is 0. The molecule has 4 aromatic rings. The number of amides is 2. The Morgan fingerprint density at radius 1 is 0.725 bits per heavy atom. The zero-order valence-corrected chi connectivity index (χ0v) is 21.2. The molecule has 7 nitrogen and oxygen atoms in total. The molecule has 206 valence electrons. The second-order valence-electron chi connectivity index (χ2n) is 8.79. The SMILES string of the molecule is O=C(CCCC(=O)OCC(=O)Nc1cccc(C(F)(F)F)c1)Nc1ccc(Oc2cccc3ccccc23)cc1. The molecule has 0 unspecified atom stereocenters. The van der Waals surface area contributed by atoms with Crippen molar-refractivity contribution in [2.24, 2.45) is 0 Å². The average molecular weight is 551 g/mol. The fourth-order valence-corrected chi connectivity index (χ4v) is 3.82. The first-order valence-electron chi connectivity index (χ1n) is 12.4. The second-order valence-corrected chi connectivity index (χ2v) is 8.79. The van der Waals surface area contributed by atoms with Crippen LogP contribution in [0.3, 0.4) is 0 Å². The summed E-state index contributed by atoms with van der Waals surface area (Å²) in [6.07, 6.45) is -4.43. The van der Waals surface area contributed by atoms with Gasteiger partial charge >= 0.3 is 12.1 Å². The molecule has 0 radical (unpaired) electrons. The quantitative estimate of drug-likeness (QED) is 0.209. The smallest absolute Gasteiger partial charge is 0.416 e. The number of esters is 1. The van der Waals surface area contributed by atoms with Crippen molar-refractivity contribution >= 4 is 39.9 Å². The van der Waals surface area contributed by atoms with E-state index in [-0.39, 0.29) is 30.9 Å². The van der Waals surface area contributed by atoms with E-state index in [0.29, 0.717) is 11.4 Å². The van der Waals surface area contributed by atoms with Gasteiger partial charge in [-0.3, -0.25) is 14.4 Å². The molecule has 0 saturated carbocycles. The molecule has 2 N–H and O–H groups in total. The summed E-state index contributed by atoms with van der Waals surface area (Å²) >= 11 is 0. The standard InChI is InChI=1S/C30H25F3N2O5/c31-30(32,33)21-8-4-9-23(18-21)35-28(37)19-39-29(38)13-5-12-27(36)34-22-14-16-24(17-15-22)40-26-11-3-7-20-6-1-2-10-25(20)26/h1-4,6-11,14-18H,5,12-13,19H2,(H,34,36)(H,35,37). The fraction of sp³-hybridized carbons (Fsp3) is 0.167. The van der Waals surface area contributed by atoms with Crippen LogP contribution in [0.25, 0.3) is 10.8 Å². The molecular weight excluding hydrogens is 525 g/mol. The van der Waals surface area contributed by atoms with E-state index in [2.05, 4.69) is 10.6 Å². The number of hydrogen-bond acceptors (Lipinski definition) is 5. The van der Waals surface area contributed by atoms with Crippen molar-refractivity contribution < 1.29 is 37.0 Å². The molecule has 0 aliphatic rings. The highest BCUT2D eigenvalue weighted by Crippen LogP contribution is 2.31. The van der Waals surface area contributed by atoms with E-state index < -0.39 is 30.2 Å². The summed E-state index contributed by atoms with van der Waals surface area (Å²) in [4.78, 5) is 36.0. The van der Waals surface area contributed by atoms with Crippen molar-refractivity contribution in [3.63, 3.8) is 0 Å². The van der Waals surface area contributed by atoms with Crippen LogP contribution in [0.15, 0.2) is 91.0 Å². The van der Waals surface area contributed by atoms with E-state index in [1.807, 2.05) is 42.5 Å². The monoisotopic (exact) mass is 550 g/mol. The maximum Gasteiger partial charge on any atom is 0.416 e. The molecule has 0 aromatic heterocycles. The van der Waals surface area contributed by atoms with Gasteiger partial charge in [0.1, 0.15) is 11.5 Å². The number of alkyl halides is 3. The first-order valence-corrected chi connectivity index (χ1v) is 12.4. The van der Waals surface area contributed by atoms with Crippen molar-refractivity contribution in [3.8, 4) is 11.5 Å². The number of hydrogen-bond donors (Lipinski definition) is 2. The van der Waals surface area contributed by atoms with Crippen LogP contribution < -0.4 is 15.4 Å². The van der Waals surface area contributed by atoms with Gasteiger partial charge in [0.2, 0.25) is 5.91 Å². The van der Waals surface area contributed by atoms with Crippen LogP contribution in [0, 0.1) is 0 Å². The van der Waals surface area contributed by atoms with Gasteiger partial charge in [0, 0.05) is 29.6 Å². The molecule has 2 amide bonds. The summed E-state index contributed by atoms with van der Waals surface area (Å²) in [5.74, 6) is -0.470. The summed E-state index contributed by atoms with van der Waals surface area (Å²) in [5, 5.41) is 7.03. The van der Waals surface area contributed by atoms with E-state index in [4.69, 9.17) is 9.47 Å². The lowest BCUT2D eigenvalue weighted by molar-refractivity contribution is -0.147. The van der Waals surface area contributed by atoms with Gasteiger partial charge in [-0.1, -0.05) is 42.5 Å². The predicted octanol–water partition coefficient (Wildman–Crippen LogP) is 6.94. The normalized spacial score (nSPS) is 11.1. The average Bonchev–Trinajstić information content (AvgIpc) is 2.93. The van der Waals surface area contributed by atoms with Crippen molar-refractivity contribution in [3.05, 3.63) is 96.6 Å². The zero-order chi connectivity index (χ0) is 28.5. The lowest BCUT2D eigenvalue weighted by atomic mass is 10.1. The molecule has 0 fully saturated rings. The first-order chi connectivity index (χ1) is 19.2. The summed E-state index contributed by atoms with van der Waals surface area (Å²) in [6.45, 7) is -0.658. The van der Waals surface area contributed by atoms with Gasteiger partial charge in [-0.25, -0.2) is 0 Å². The third-order valence-electron chi connectivity index (χ3n) is 5.74. The Balaban J connectivity index is 1.16. The summed E-state index contributed by atoms with van der Waals surface area (Å²) in [6, 6.07) is 24.7. The highest BCUT2D eigenvalue weighted by Gasteiger charge is 2.30. The number of benzene rings is 4. The van der Waals surface area contributed by atoms with E-state index >= 15 is 0 Å². The molecule has 0 aliphatic carbocycles. The van der Waals surface area contributed by atoms with Crippen molar-refractivity contribution in [1.82, 2.24) is 0 Å². The van der Waals surface area contributed by atoms with E-state index in [0.717, 1.165) is 34.7 Å². The topological polar surface area (TPSA) is 93.7 Å². The molecular formula is C30H25F3N2O5. The van der Waals surface area contributed by atoms with Crippen molar-refractivity contribution in [1.29, 1.82) is 0 Å². The van der Waals surface area contributed by atoms with Gasteiger partial charge in [-0.15, -0.1) is 0 Å². The Morgan fingerprint density at radius 2 is 1.43 bits per heavy atom. The van der Waals surface area contributed by atoms with Crippen LogP contribution >= 0.6 is 0 Å². The first kappa shape index (κ1) is 28.2. The summed E-state index contributed by atoms with van der Waals surface area (Å²) in [5.41, 5.74) is -0.421. The molecule has 0 heterocycles.